The van der Waals surface area contributed by atoms with Crippen LogP contribution in [0.3, 0.4) is 0 Å². The van der Waals surface area contributed by atoms with Gasteiger partial charge in [0.05, 0.1) is 4.90 Å². The lowest BCUT2D eigenvalue weighted by molar-refractivity contribution is 0.175. The number of primary sulfonamides is 1. The highest BCUT2D eigenvalue weighted by atomic mass is 35.5. The lowest BCUT2D eigenvalue weighted by atomic mass is 9.86. The van der Waals surface area contributed by atoms with Crippen LogP contribution >= 0.6 is 24.8 Å². The highest BCUT2D eigenvalue weighted by molar-refractivity contribution is 7.89. The van der Waals surface area contributed by atoms with Crippen molar-refractivity contribution in [3.8, 4) is 11.5 Å². The number of nitrogens with two attached hydrogens (primary N) is 1. The van der Waals surface area contributed by atoms with E-state index >= 15 is 0 Å². The molecule has 3 rings (SSSR count). The van der Waals surface area contributed by atoms with Crippen LogP contribution in [0.4, 0.5) is 0 Å². The second-order valence-electron chi connectivity index (χ2n) is 9.61. The molecule has 7 nitrogen and oxygen atoms in total. The predicted octanol–water partition coefficient (Wildman–Crippen LogP) is 4.55. The zero-order valence-electron chi connectivity index (χ0n) is 21.7. The largest absolute Gasteiger partial charge is 0.504 e. The van der Waals surface area contributed by atoms with Crippen LogP contribution in [-0.4, -0.2) is 55.8 Å². The maximum atomic E-state index is 11.3. The van der Waals surface area contributed by atoms with E-state index in [1.165, 1.54) is 24.8 Å². The third kappa shape index (κ3) is 10.3. The minimum Gasteiger partial charge on any atom is -0.504 e. The Morgan fingerprint density at radius 3 is 2.35 bits per heavy atom. The van der Waals surface area contributed by atoms with Crippen molar-refractivity contribution >= 4 is 34.8 Å². The zero-order chi connectivity index (χ0) is 25.3. The Morgan fingerprint density at radius 2 is 1.68 bits per heavy atom. The fraction of sp³-hybridized carbons (Fsp3) is 0.556. The third-order valence-corrected chi connectivity index (χ3v) is 7.89. The van der Waals surface area contributed by atoms with Crippen molar-refractivity contribution in [3.05, 3.63) is 53.1 Å². The van der Waals surface area contributed by atoms with E-state index < -0.39 is 10.0 Å². The molecule has 0 saturated heterocycles. The average molecular weight is 577 g/mol. The summed E-state index contributed by atoms with van der Waals surface area (Å²) in [4.78, 5) is 2.77. The van der Waals surface area contributed by atoms with E-state index in [0.717, 1.165) is 75.8 Å². The van der Waals surface area contributed by atoms with E-state index in [0.29, 0.717) is 6.04 Å². The normalized spacial score (nSPS) is 15.1. The Labute approximate surface area is 234 Å². The van der Waals surface area contributed by atoms with E-state index in [1.807, 2.05) is 18.2 Å². The van der Waals surface area contributed by atoms with Gasteiger partial charge in [-0.2, -0.15) is 0 Å². The summed E-state index contributed by atoms with van der Waals surface area (Å²) >= 11 is 0. The quantitative estimate of drug-likeness (QED) is 0.194. The molecule has 1 atom stereocenters. The van der Waals surface area contributed by atoms with Gasteiger partial charge in [-0.15, -0.1) is 24.8 Å². The number of nitrogens with one attached hydrogen (secondary N) is 1. The molecule has 1 unspecified atom stereocenters. The molecule has 2 aromatic rings. The molecule has 0 saturated carbocycles. The third-order valence-electron chi connectivity index (χ3n) is 6.96. The van der Waals surface area contributed by atoms with Crippen molar-refractivity contribution in [1.82, 2.24) is 10.2 Å². The molecular formula is C27H43Cl2N3O4S. The van der Waals surface area contributed by atoms with Gasteiger partial charge in [-0.3, -0.25) is 0 Å². The van der Waals surface area contributed by atoms with E-state index in [-0.39, 0.29) is 41.2 Å². The van der Waals surface area contributed by atoms with Gasteiger partial charge in [0, 0.05) is 11.6 Å². The molecular weight excluding hydrogens is 533 g/mol. The fourth-order valence-electron chi connectivity index (χ4n) is 5.00. The summed E-state index contributed by atoms with van der Waals surface area (Å²) in [5.41, 5.74) is 3.19. The van der Waals surface area contributed by atoms with Crippen LogP contribution in [0.1, 0.15) is 62.1 Å². The van der Waals surface area contributed by atoms with E-state index in [9.17, 15) is 18.6 Å². The molecule has 5 N–H and O–H groups in total. The number of hydrogen-bond acceptors (Lipinski definition) is 6. The maximum absolute atomic E-state index is 11.3. The van der Waals surface area contributed by atoms with Crippen molar-refractivity contribution in [2.24, 2.45) is 5.14 Å². The van der Waals surface area contributed by atoms with E-state index in [2.05, 4.69) is 17.1 Å². The maximum Gasteiger partial charge on any atom is 0.238 e. The Morgan fingerprint density at radius 1 is 0.973 bits per heavy atom. The highest BCUT2D eigenvalue weighted by Gasteiger charge is 2.26. The number of aromatic hydroxyl groups is 2. The number of nitrogens with zero attached hydrogens (tertiary/aromatic N) is 1. The predicted molar refractivity (Wildman–Crippen MR) is 155 cm³/mol. The molecule has 0 aromatic heterocycles. The number of benzene rings is 2. The number of halogens is 2. The van der Waals surface area contributed by atoms with Gasteiger partial charge in [0.15, 0.2) is 11.5 Å². The van der Waals surface area contributed by atoms with Crippen LogP contribution in [0.5, 0.6) is 11.5 Å². The van der Waals surface area contributed by atoms with Gasteiger partial charge in [-0.25, -0.2) is 13.6 Å². The van der Waals surface area contributed by atoms with Gasteiger partial charge in [0.25, 0.3) is 0 Å². The summed E-state index contributed by atoms with van der Waals surface area (Å²) in [7, 11) is -3.63. The Bertz CT molecular complexity index is 1050. The first-order valence-electron chi connectivity index (χ1n) is 12.9. The van der Waals surface area contributed by atoms with Gasteiger partial charge >= 0.3 is 0 Å². The van der Waals surface area contributed by atoms with Crippen molar-refractivity contribution < 1.29 is 18.6 Å². The van der Waals surface area contributed by atoms with Crippen molar-refractivity contribution in [2.45, 2.75) is 75.6 Å². The molecule has 0 spiro atoms. The molecule has 0 heterocycles. The number of fused-ring (bicyclic) bond motifs is 1. The number of phenols is 2. The van der Waals surface area contributed by atoms with Crippen molar-refractivity contribution in [3.63, 3.8) is 0 Å². The SMILES string of the molecule is CCCN(CCCCCCNCCc1ccc(S(N)(=O)=O)cc1)C1CCc2c(ccc(O)c2O)C1.Cl.Cl. The van der Waals surface area contributed by atoms with Crippen molar-refractivity contribution in [1.29, 1.82) is 0 Å². The molecule has 37 heavy (non-hydrogen) atoms. The summed E-state index contributed by atoms with van der Waals surface area (Å²) in [5.74, 6) is 0.0532. The first kappa shape index (κ1) is 33.5. The summed E-state index contributed by atoms with van der Waals surface area (Å²) in [5, 5.41) is 28.5. The summed E-state index contributed by atoms with van der Waals surface area (Å²) < 4.78 is 22.6. The van der Waals surface area contributed by atoms with Crippen LogP contribution < -0.4 is 10.5 Å². The molecule has 10 heteroatoms. The van der Waals surface area contributed by atoms with Crippen LogP contribution in [0.15, 0.2) is 41.3 Å². The number of rotatable bonds is 14. The smallest absolute Gasteiger partial charge is 0.238 e. The van der Waals surface area contributed by atoms with Crippen LogP contribution in [0.2, 0.25) is 0 Å². The van der Waals surface area contributed by atoms with Gasteiger partial charge in [-0.1, -0.05) is 38.0 Å². The summed E-state index contributed by atoms with van der Waals surface area (Å²) in [6, 6.07) is 10.8. The van der Waals surface area contributed by atoms with E-state index in [1.54, 1.807) is 18.2 Å². The molecule has 0 aliphatic heterocycles. The minimum atomic E-state index is -3.63. The average Bonchev–Trinajstić information content (AvgIpc) is 2.84. The van der Waals surface area contributed by atoms with Gasteiger partial charge in [0.1, 0.15) is 0 Å². The molecule has 2 aromatic carbocycles. The second-order valence-corrected chi connectivity index (χ2v) is 11.2. The number of phenolic OH excluding ortho intramolecular Hbond substituents is 2. The van der Waals surface area contributed by atoms with Crippen LogP contribution in [0.25, 0.3) is 0 Å². The second kappa shape index (κ2) is 16.4. The van der Waals surface area contributed by atoms with E-state index in [4.69, 9.17) is 5.14 Å². The number of hydrogen-bond donors (Lipinski definition) is 4. The molecule has 1 aliphatic carbocycles. The standard InChI is InChI=1S/C27H41N3O4S.2ClH/c1-2-18-30(23-10-13-25-22(20-23)9-14-26(31)27(25)32)19-6-4-3-5-16-29-17-15-21-7-11-24(12-8-21)35(28,33)34;;/h7-9,11-12,14,23,29,31-32H,2-6,10,13,15-20H2,1H3,(H2,28,33,34);2*1H. The van der Waals surface area contributed by atoms with Gasteiger partial charge < -0.3 is 20.4 Å². The summed E-state index contributed by atoms with van der Waals surface area (Å²) in [6.07, 6.45) is 9.56. The molecule has 210 valence electrons. The Kier molecular flexibility index (Phi) is 14.9. The van der Waals surface area contributed by atoms with Gasteiger partial charge in [0.2, 0.25) is 10.0 Å². The lowest BCUT2D eigenvalue weighted by Crippen LogP contribution is -2.40. The zero-order valence-corrected chi connectivity index (χ0v) is 24.1. The molecule has 0 bridgehead atoms. The number of unbranched alkanes of at least 4 members (excludes halogenated alkanes) is 3. The molecule has 0 fully saturated rings. The van der Waals surface area contributed by atoms with Crippen molar-refractivity contribution in [2.75, 3.05) is 26.2 Å². The van der Waals surface area contributed by atoms with Crippen LogP contribution in [0, 0.1) is 0 Å². The molecule has 0 amide bonds. The summed E-state index contributed by atoms with van der Waals surface area (Å²) in [6.45, 7) is 6.30. The monoisotopic (exact) mass is 575 g/mol. The fourth-order valence-corrected chi connectivity index (χ4v) is 5.52. The molecule has 1 aliphatic rings. The Balaban J connectivity index is 0.00000342. The number of sulfonamides is 1. The molecule has 0 radical (unpaired) electrons. The topological polar surface area (TPSA) is 116 Å². The van der Waals surface area contributed by atoms with Crippen LogP contribution in [-0.2, 0) is 29.3 Å². The first-order chi connectivity index (χ1) is 16.8. The lowest BCUT2D eigenvalue weighted by Gasteiger charge is -2.35. The minimum absolute atomic E-state index is 0. The first-order valence-corrected chi connectivity index (χ1v) is 14.4. The van der Waals surface area contributed by atoms with Gasteiger partial charge in [-0.05, 0) is 100 Å². The highest BCUT2D eigenvalue weighted by Crippen LogP contribution is 2.36. The Hall–Kier alpha value is -1.55.